The van der Waals surface area contributed by atoms with Gasteiger partial charge in [-0.25, -0.2) is 0 Å². The van der Waals surface area contributed by atoms with Gasteiger partial charge in [-0.05, 0) is 30.3 Å². The fourth-order valence-corrected chi connectivity index (χ4v) is 2.74. The van der Waals surface area contributed by atoms with Crippen molar-refractivity contribution in [1.29, 1.82) is 0 Å². The Balaban J connectivity index is 1.95. The summed E-state index contributed by atoms with van der Waals surface area (Å²) in [6, 6.07) is 16.0. The van der Waals surface area contributed by atoms with Crippen molar-refractivity contribution in [2.45, 2.75) is 6.10 Å². The van der Waals surface area contributed by atoms with Crippen LogP contribution in [0.2, 0.25) is 0 Å². The molecule has 2 aromatic carbocycles. The molecular weight excluding hydrogens is 288 g/mol. The lowest BCUT2D eigenvalue weighted by Crippen LogP contribution is -2.51. The van der Waals surface area contributed by atoms with E-state index in [4.69, 9.17) is 4.74 Å². The maximum absolute atomic E-state index is 12.4. The van der Waals surface area contributed by atoms with Gasteiger partial charge in [0.15, 0.2) is 0 Å². The predicted octanol–water partition coefficient (Wildman–Crippen LogP) is 2.75. The van der Waals surface area contributed by atoms with E-state index in [-0.39, 0.29) is 12.0 Å². The van der Waals surface area contributed by atoms with E-state index in [9.17, 15) is 4.79 Å². The van der Waals surface area contributed by atoms with Crippen molar-refractivity contribution in [3.63, 3.8) is 0 Å². The number of carbonyl (C=O) groups is 1. The summed E-state index contributed by atoms with van der Waals surface area (Å²) in [5, 5.41) is 0. The SMILES string of the molecule is CN1CC(Oc2cc(-c3ccccc3)ccc2C(=O)N(C)C)C1. The largest absolute Gasteiger partial charge is 0.487 e. The molecule has 1 aliphatic rings. The van der Waals surface area contributed by atoms with Gasteiger partial charge in [-0.1, -0.05) is 36.4 Å². The van der Waals surface area contributed by atoms with Crippen molar-refractivity contribution in [2.75, 3.05) is 34.2 Å². The molecule has 0 aliphatic carbocycles. The summed E-state index contributed by atoms with van der Waals surface area (Å²) in [5.74, 6) is 0.635. The van der Waals surface area contributed by atoms with E-state index >= 15 is 0 Å². The van der Waals surface area contributed by atoms with Crippen molar-refractivity contribution in [1.82, 2.24) is 9.80 Å². The van der Waals surface area contributed by atoms with E-state index in [2.05, 4.69) is 24.1 Å². The standard InChI is InChI=1S/C19H22N2O2/c1-20(2)19(22)17-10-9-15(14-7-5-4-6-8-14)11-18(17)23-16-12-21(3)13-16/h4-11,16H,12-13H2,1-3H3. The van der Waals surface area contributed by atoms with Crippen LogP contribution in [0.15, 0.2) is 48.5 Å². The Kier molecular flexibility index (Phi) is 4.35. The van der Waals surface area contributed by atoms with Gasteiger partial charge in [-0.15, -0.1) is 0 Å². The Hall–Kier alpha value is -2.33. The Morgan fingerprint density at radius 2 is 1.78 bits per heavy atom. The number of carbonyl (C=O) groups excluding carboxylic acids is 1. The van der Waals surface area contributed by atoms with Crippen molar-refractivity contribution >= 4 is 5.91 Å². The van der Waals surface area contributed by atoms with Crippen LogP contribution in [0.3, 0.4) is 0 Å². The first-order valence-corrected chi connectivity index (χ1v) is 7.81. The Bertz CT molecular complexity index is 692. The van der Waals surface area contributed by atoms with Gasteiger partial charge >= 0.3 is 0 Å². The summed E-state index contributed by atoms with van der Waals surface area (Å²) in [7, 11) is 5.58. The first-order chi connectivity index (χ1) is 11.0. The molecule has 0 aromatic heterocycles. The first kappa shape index (κ1) is 15.6. The number of hydrogen-bond acceptors (Lipinski definition) is 3. The van der Waals surface area contributed by atoms with Crippen LogP contribution in [0.1, 0.15) is 10.4 Å². The van der Waals surface area contributed by atoms with E-state index < -0.39 is 0 Å². The molecule has 120 valence electrons. The summed E-state index contributed by atoms with van der Waals surface area (Å²) < 4.78 is 6.10. The lowest BCUT2D eigenvalue weighted by molar-refractivity contribution is 0.0377. The molecule has 0 radical (unpaired) electrons. The number of ether oxygens (including phenoxy) is 1. The predicted molar refractivity (Wildman–Crippen MR) is 91.8 cm³/mol. The first-order valence-electron chi connectivity index (χ1n) is 7.81. The molecule has 4 nitrogen and oxygen atoms in total. The minimum Gasteiger partial charge on any atom is -0.487 e. The molecule has 0 saturated carbocycles. The number of amides is 1. The van der Waals surface area contributed by atoms with Crippen LogP contribution in [0, 0.1) is 0 Å². The van der Waals surface area contributed by atoms with Crippen molar-refractivity contribution in [3.8, 4) is 16.9 Å². The quantitative estimate of drug-likeness (QED) is 0.870. The van der Waals surface area contributed by atoms with Crippen LogP contribution in [0.4, 0.5) is 0 Å². The highest BCUT2D eigenvalue weighted by atomic mass is 16.5. The Morgan fingerprint density at radius 1 is 1.09 bits per heavy atom. The van der Waals surface area contributed by atoms with Crippen molar-refractivity contribution in [3.05, 3.63) is 54.1 Å². The molecule has 0 bridgehead atoms. The van der Waals surface area contributed by atoms with Crippen LogP contribution in [0.25, 0.3) is 11.1 Å². The average Bonchev–Trinajstić information content (AvgIpc) is 2.53. The summed E-state index contributed by atoms with van der Waals surface area (Å²) in [6.45, 7) is 1.79. The molecule has 3 rings (SSSR count). The molecule has 1 saturated heterocycles. The summed E-state index contributed by atoms with van der Waals surface area (Å²) in [4.78, 5) is 16.2. The van der Waals surface area contributed by atoms with Gasteiger partial charge in [-0.3, -0.25) is 9.69 Å². The second-order valence-electron chi connectivity index (χ2n) is 6.24. The molecule has 0 unspecified atom stereocenters. The van der Waals surface area contributed by atoms with Crippen LogP contribution < -0.4 is 4.74 Å². The molecule has 1 fully saturated rings. The smallest absolute Gasteiger partial charge is 0.257 e. The highest BCUT2D eigenvalue weighted by molar-refractivity contribution is 5.97. The molecular formula is C19H22N2O2. The van der Waals surface area contributed by atoms with Gasteiger partial charge in [0.1, 0.15) is 11.9 Å². The zero-order valence-electron chi connectivity index (χ0n) is 13.8. The van der Waals surface area contributed by atoms with Gasteiger partial charge in [0, 0.05) is 27.2 Å². The minimum absolute atomic E-state index is 0.0349. The zero-order valence-corrected chi connectivity index (χ0v) is 13.8. The van der Waals surface area contributed by atoms with E-state index in [1.54, 1.807) is 19.0 Å². The third kappa shape index (κ3) is 3.37. The normalized spacial score (nSPS) is 15.1. The number of likely N-dealkylation sites (tertiary alicyclic amines) is 1. The molecule has 0 atom stereocenters. The number of likely N-dealkylation sites (N-methyl/N-ethyl adjacent to an activating group) is 1. The molecule has 1 aliphatic heterocycles. The summed E-state index contributed by atoms with van der Waals surface area (Å²) in [5.41, 5.74) is 2.79. The third-order valence-corrected chi connectivity index (χ3v) is 4.05. The van der Waals surface area contributed by atoms with Gasteiger partial charge in [0.25, 0.3) is 5.91 Å². The second kappa shape index (κ2) is 6.42. The molecule has 0 spiro atoms. The Labute approximate surface area is 137 Å². The molecule has 1 heterocycles. The van der Waals surface area contributed by atoms with Gasteiger partial charge in [0.05, 0.1) is 5.56 Å². The number of hydrogen-bond donors (Lipinski definition) is 0. The topological polar surface area (TPSA) is 32.8 Å². The second-order valence-corrected chi connectivity index (χ2v) is 6.24. The molecule has 2 aromatic rings. The highest BCUT2D eigenvalue weighted by Gasteiger charge is 2.27. The van der Waals surface area contributed by atoms with Crippen LogP contribution in [-0.2, 0) is 0 Å². The number of rotatable bonds is 4. The van der Waals surface area contributed by atoms with E-state index in [0.29, 0.717) is 11.3 Å². The Morgan fingerprint density at radius 3 is 2.39 bits per heavy atom. The minimum atomic E-state index is -0.0349. The lowest BCUT2D eigenvalue weighted by Gasteiger charge is -2.36. The van der Waals surface area contributed by atoms with Gasteiger partial charge < -0.3 is 9.64 Å². The van der Waals surface area contributed by atoms with E-state index in [0.717, 1.165) is 24.2 Å². The number of nitrogens with zero attached hydrogens (tertiary/aromatic N) is 2. The molecule has 23 heavy (non-hydrogen) atoms. The molecule has 1 amide bonds. The van der Waals surface area contributed by atoms with Crippen LogP contribution >= 0.6 is 0 Å². The molecule has 4 heteroatoms. The van der Waals surface area contributed by atoms with E-state index in [1.807, 2.05) is 36.4 Å². The van der Waals surface area contributed by atoms with Crippen LogP contribution in [-0.4, -0.2) is 56.0 Å². The van der Waals surface area contributed by atoms with Crippen LogP contribution in [0.5, 0.6) is 5.75 Å². The van der Waals surface area contributed by atoms with Crippen molar-refractivity contribution in [2.24, 2.45) is 0 Å². The summed E-state index contributed by atoms with van der Waals surface area (Å²) in [6.07, 6.45) is 0.153. The maximum Gasteiger partial charge on any atom is 0.257 e. The zero-order chi connectivity index (χ0) is 16.4. The molecule has 0 N–H and O–H groups in total. The average molecular weight is 310 g/mol. The fourth-order valence-electron chi connectivity index (χ4n) is 2.74. The van der Waals surface area contributed by atoms with Gasteiger partial charge in [-0.2, -0.15) is 0 Å². The lowest BCUT2D eigenvalue weighted by atomic mass is 10.0. The third-order valence-electron chi connectivity index (χ3n) is 4.05. The van der Waals surface area contributed by atoms with Gasteiger partial charge in [0.2, 0.25) is 0 Å². The highest BCUT2D eigenvalue weighted by Crippen LogP contribution is 2.29. The monoisotopic (exact) mass is 310 g/mol. The maximum atomic E-state index is 12.4. The number of benzene rings is 2. The fraction of sp³-hybridized carbons (Fsp3) is 0.316. The summed E-state index contributed by atoms with van der Waals surface area (Å²) >= 11 is 0. The van der Waals surface area contributed by atoms with Crippen molar-refractivity contribution < 1.29 is 9.53 Å². The van der Waals surface area contributed by atoms with E-state index in [1.165, 1.54) is 0 Å².